The lowest BCUT2D eigenvalue weighted by molar-refractivity contribution is 0.356. The minimum atomic E-state index is 0.284. The van der Waals surface area contributed by atoms with E-state index in [1.165, 1.54) is 33.5 Å². The minimum Gasteiger partial charge on any atom is -0.374 e. The van der Waals surface area contributed by atoms with Crippen LogP contribution in [0.4, 0.5) is 5.69 Å². The molecule has 0 fully saturated rings. The van der Waals surface area contributed by atoms with Crippen LogP contribution in [-0.2, 0) is 12.8 Å². The molecule has 22 heavy (non-hydrogen) atoms. The number of rotatable bonds is 0. The first kappa shape index (κ1) is 13.4. The third-order valence-corrected chi connectivity index (χ3v) is 5.04. The van der Waals surface area contributed by atoms with Crippen LogP contribution in [0.5, 0.6) is 0 Å². The summed E-state index contributed by atoms with van der Waals surface area (Å²) in [6, 6.07) is 13.0. The average Bonchev–Trinajstić information content (AvgIpc) is 2.84. The molecule has 0 spiro atoms. The number of anilines is 1. The van der Waals surface area contributed by atoms with Crippen LogP contribution in [0.2, 0.25) is 0 Å². The van der Waals surface area contributed by atoms with Crippen molar-refractivity contribution in [2.75, 3.05) is 18.5 Å². The molecule has 1 aliphatic heterocycles. The molecule has 0 bridgehead atoms. The van der Waals surface area contributed by atoms with E-state index in [1.807, 2.05) is 12.1 Å². The lowest BCUT2D eigenvalue weighted by Gasteiger charge is -2.39. The number of hydrogen-bond donors (Lipinski definition) is 0. The van der Waals surface area contributed by atoms with Crippen molar-refractivity contribution in [3.05, 3.63) is 52.6 Å². The molecular weight excluding hydrogens is 268 g/mol. The van der Waals surface area contributed by atoms with Crippen LogP contribution in [-0.4, -0.2) is 13.6 Å². The maximum absolute atomic E-state index is 9.39. The van der Waals surface area contributed by atoms with E-state index < -0.39 is 0 Å². The Kier molecular flexibility index (Phi) is 2.66. The van der Waals surface area contributed by atoms with E-state index in [2.05, 4.69) is 50.1 Å². The third-order valence-electron chi connectivity index (χ3n) is 5.04. The largest absolute Gasteiger partial charge is 0.374 e. The summed E-state index contributed by atoms with van der Waals surface area (Å²) in [5.41, 5.74) is 9.18. The molecule has 0 atom stereocenters. The van der Waals surface area contributed by atoms with E-state index in [9.17, 15) is 5.26 Å². The maximum Gasteiger partial charge on any atom is 0.0994 e. The Balaban J connectivity index is 1.99. The van der Waals surface area contributed by atoms with Gasteiger partial charge in [0.25, 0.3) is 0 Å². The lowest BCUT2D eigenvalue weighted by atomic mass is 9.78. The Morgan fingerprint density at radius 1 is 1.14 bits per heavy atom. The normalized spacial score (nSPS) is 17.5. The fourth-order valence-electron chi connectivity index (χ4n) is 4.27. The van der Waals surface area contributed by atoms with Crippen molar-refractivity contribution in [2.45, 2.75) is 26.7 Å². The van der Waals surface area contributed by atoms with E-state index in [0.29, 0.717) is 0 Å². The predicted octanol–water partition coefficient (Wildman–Crippen LogP) is 4.15. The average molecular weight is 288 g/mol. The van der Waals surface area contributed by atoms with Crippen LogP contribution >= 0.6 is 0 Å². The highest BCUT2D eigenvalue weighted by Gasteiger charge is 2.33. The van der Waals surface area contributed by atoms with Gasteiger partial charge in [0.1, 0.15) is 0 Å². The summed E-state index contributed by atoms with van der Waals surface area (Å²) in [4.78, 5) is 2.38. The van der Waals surface area contributed by atoms with Gasteiger partial charge in [0.05, 0.1) is 11.6 Å². The van der Waals surface area contributed by atoms with Gasteiger partial charge in [0, 0.05) is 19.3 Å². The molecule has 2 aliphatic rings. The summed E-state index contributed by atoms with van der Waals surface area (Å²) in [7, 11) is 2.19. The fourth-order valence-corrected chi connectivity index (χ4v) is 4.27. The summed E-state index contributed by atoms with van der Waals surface area (Å²) >= 11 is 0. The first-order valence-electron chi connectivity index (χ1n) is 7.88. The summed E-state index contributed by atoms with van der Waals surface area (Å²) < 4.78 is 0. The molecule has 1 heterocycles. The topological polar surface area (TPSA) is 27.0 Å². The van der Waals surface area contributed by atoms with Crippen LogP contribution in [0, 0.1) is 16.7 Å². The van der Waals surface area contributed by atoms with Gasteiger partial charge >= 0.3 is 0 Å². The third kappa shape index (κ3) is 1.78. The highest BCUT2D eigenvalue weighted by atomic mass is 15.1. The molecule has 0 amide bonds. The zero-order chi connectivity index (χ0) is 15.5. The van der Waals surface area contributed by atoms with Crippen LogP contribution in [0.15, 0.2) is 30.3 Å². The molecule has 0 radical (unpaired) electrons. The molecule has 0 unspecified atom stereocenters. The van der Waals surface area contributed by atoms with Crippen molar-refractivity contribution >= 4 is 5.69 Å². The molecule has 0 N–H and O–H groups in total. The molecule has 0 aromatic heterocycles. The van der Waals surface area contributed by atoms with Gasteiger partial charge in [-0.3, -0.25) is 0 Å². The van der Waals surface area contributed by atoms with Crippen LogP contribution in [0.25, 0.3) is 11.1 Å². The molecule has 0 saturated heterocycles. The van der Waals surface area contributed by atoms with Gasteiger partial charge in [-0.2, -0.15) is 5.26 Å². The van der Waals surface area contributed by atoms with Gasteiger partial charge < -0.3 is 4.90 Å². The Labute approximate surface area is 132 Å². The van der Waals surface area contributed by atoms with Gasteiger partial charge in [-0.15, -0.1) is 0 Å². The molecule has 0 saturated carbocycles. The molecule has 4 rings (SSSR count). The van der Waals surface area contributed by atoms with E-state index in [4.69, 9.17) is 0 Å². The van der Waals surface area contributed by atoms with Crippen molar-refractivity contribution in [1.29, 1.82) is 5.26 Å². The second-order valence-corrected chi connectivity index (χ2v) is 7.41. The molecule has 2 nitrogen and oxygen atoms in total. The Morgan fingerprint density at radius 3 is 2.73 bits per heavy atom. The molecule has 2 aromatic rings. The van der Waals surface area contributed by atoms with Crippen molar-refractivity contribution in [1.82, 2.24) is 0 Å². The zero-order valence-corrected chi connectivity index (χ0v) is 13.4. The Hall–Kier alpha value is -2.27. The molecule has 2 aromatic carbocycles. The van der Waals surface area contributed by atoms with Crippen molar-refractivity contribution in [2.24, 2.45) is 5.41 Å². The van der Waals surface area contributed by atoms with Gasteiger partial charge in [0.2, 0.25) is 0 Å². The SMILES string of the molecule is CN1CC(C)(C)Cc2c1ccc1c2-c2cccc(C#N)c2C1. The first-order valence-corrected chi connectivity index (χ1v) is 7.88. The zero-order valence-electron chi connectivity index (χ0n) is 13.4. The van der Waals surface area contributed by atoms with Crippen molar-refractivity contribution in [3.63, 3.8) is 0 Å². The molecular formula is C20H20N2. The van der Waals surface area contributed by atoms with Crippen LogP contribution < -0.4 is 4.90 Å². The second kappa shape index (κ2) is 4.36. The number of hydrogen-bond acceptors (Lipinski definition) is 2. The number of benzene rings is 2. The molecule has 1 aliphatic carbocycles. The number of fused-ring (bicyclic) bond motifs is 5. The fraction of sp³-hybridized carbons (Fsp3) is 0.350. The highest BCUT2D eigenvalue weighted by molar-refractivity contribution is 5.85. The monoisotopic (exact) mass is 288 g/mol. The predicted molar refractivity (Wildman–Crippen MR) is 90.2 cm³/mol. The summed E-state index contributed by atoms with van der Waals surface area (Å²) in [5.74, 6) is 0. The van der Waals surface area contributed by atoms with Gasteiger partial charge in [0.15, 0.2) is 0 Å². The van der Waals surface area contributed by atoms with E-state index in [0.717, 1.165) is 24.9 Å². The summed E-state index contributed by atoms with van der Waals surface area (Å²) in [5, 5.41) is 9.39. The number of nitriles is 1. The number of nitrogens with zero attached hydrogens (tertiary/aromatic N) is 2. The standard InChI is InChI=1S/C20H20N2/c1-20(2)10-17-18(22(3)12-20)8-7-13-9-16-14(11-21)5-4-6-15(16)19(13)17/h4-8H,9-10,12H2,1-3H3. The van der Waals surface area contributed by atoms with E-state index >= 15 is 0 Å². The van der Waals surface area contributed by atoms with Crippen LogP contribution in [0.3, 0.4) is 0 Å². The first-order chi connectivity index (χ1) is 10.5. The molecule has 2 heteroatoms. The second-order valence-electron chi connectivity index (χ2n) is 7.41. The van der Waals surface area contributed by atoms with E-state index in [1.54, 1.807) is 0 Å². The minimum absolute atomic E-state index is 0.284. The quantitative estimate of drug-likeness (QED) is 0.621. The summed E-state index contributed by atoms with van der Waals surface area (Å²) in [6.07, 6.45) is 2.00. The van der Waals surface area contributed by atoms with E-state index in [-0.39, 0.29) is 5.41 Å². The smallest absolute Gasteiger partial charge is 0.0994 e. The van der Waals surface area contributed by atoms with Crippen LogP contribution in [0.1, 0.15) is 36.1 Å². The van der Waals surface area contributed by atoms with Gasteiger partial charge in [-0.05, 0) is 58.2 Å². The summed E-state index contributed by atoms with van der Waals surface area (Å²) in [6.45, 7) is 5.77. The van der Waals surface area contributed by atoms with Gasteiger partial charge in [-0.25, -0.2) is 0 Å². The highest BCUT2D eigenvalue weighted by Crippen LogP contribution is 2.47. The van der Waals surface area contributed by atoms with Crippen molar-refractivity contribution < 1.29 is 0 Å². The lowest BCUT2D eigenvalue weighted by Crippen LogP contribution is -2.38. The Morgan fingerprint density at radius 2 is 1.95 bits per heavy atom. The van der Waals surface area contributed by atoms with Gasteiger partial charge in [-0.1, -0.05) is 32.0 Å². The van der Waals surface area contributed by atoms with Crippen molar-refractivity contribution in [3.8, 4) is 17.2 Å². The molecule has 110 valence electrons. The maximum atomic E-state index is 9.39. The Bertz CT molecular complexity index is 824.